The third-order valence-corrected chi connectivity index (χ3v) is 6.36. The van der Waals surface area contributed by atoms with Crippen LogP contribution in [0.25, 0.3) is 0 Å². The number of hydrogen-bond acceptors (Lipinski definition) is 4. The van der Waals surface area contributed by atoms with Crippen LogP contribution in [0.3, 0.4) is 0 Å². The van der Waals surface area contributed by atoms with Gasteiger partial charge >= 0.3 is 0 Å². The third-order valence-electron chi connectivity index (χ3n) is 6.36. The van der Waals surface area contributed by atoms with Crippen LogP contribution in [0.1, 0.15) is 31.7 Å². The molecule has 30 heavy (non-hydrogen) atoms. The Bertz CT molecular complexity index is 712. The number of ether oxygens (including phenoxy) is 1. The summed E-state index contributed by atoms with van der Waals surface area (Å²) in [5, 5.41) is 0. The molecule has 166 valence electrons. The minimum atomic E-state index is -0.303. The maximum atomic E-state index is 13.2. The Morgan fingerprint density at radius 3 is 2.57 bits per heavy atom. The molecular formula is C23H34FN3O3. The van der Waals surface area contributed by atoms with Crippen LogP contribution in [0.5, 0.6) is 0 Å². The van der Waals surface area contributed by atoms with Gasteiger partial charge in [-0.3, -0.25) is 14.5 Å². The average Bonchev–Trinajstić information content (AvgIpc) is 2.78. The van der Waals surface area contributed by atoms with Crippen LogP contribution in [0, 0.1) is 11.7 Å². The highest BCUT2D eigenvalue weighted by molar-refractivity contribution is 5.82. The number of carbonyl (C=O) groups is 2. The van der Waals surface area contributed by atoms with Crippen molar-refractivity contribution in [3.8, 4) is 0 Å². The zero-order chi connectivity index (χ0) is 21.5. The van der Waals surface area contributed by atoms with Crippen LogP contribution in [0.2, 0.25) is 0 Å². The quantitative estimate of drug-likeness (QED) is 0.680. The largest absolute Gasteiger partial charge is 0.383 e. The van der Waals surface area contributed by atoms with E-state index in [1.165, 1.54) is 12.1 Å². The predicted molar refractivity (Wildman–Crippen MR) is 114 cm³/mol. The molecule has 0 bridgehead atoms. The fourth-order valence-electron chi connectivity index (χ4n) is 4.54. The number of piperazine rings is 1. The van der Waals surface area contributed by atoms with E-state index in [-0.39, 0.29) is 30.0 Å². The molecule has 1 aromatic rings. The molecule has 3 rings (SSSR count). The Labute approximate surface area is 179 Å². The molecule has 2 saturated heterocycles. The number of amides is 2. The molecule has 2 amide bonds. The van der Waals surface area contributed by atoms with Gasteiger partial charge < -0.3 is 14.5 Å². The predicted octanol–water partition coefficient (Wildman–Crippen LogP) is 2.18. The highest BCUT2D eigenvalue weighted by Gasteiger charge is 2.34. The molecule has 2 aliphatic heterocycles. The van der Waals surface area contributed by atoms with Crippen LogP contribution in [0.4, 0.5) is 4.39 Å². The zero-order valence-electron chi connectivity index (χ0n) is 18.2. The highest BCUT2D eigenvalue weighted by atomic mass is 19.1. The molecule has 0 spiro atoms. The first kappa shape index (κ1) is 22.7. The number of piperidine rings is 1. The van der Waals surface area contributed by atoms with Crippen molar-refractivity contribution in [3.63, 3.8) is 0 Å². The molecule has 2 aliphatic rings. The van der Waals surface area contributed by atoms with Crippen molar-refractivity contribution in [1.29, 1.82) is 0 Å². The maximum Gasteiger partial charge on any atom is 0.227 e. The topological polar surface area (TPSA) is 53.1 Å². The number of hydrogen-bond donors (Lipinski definition) is 0. The van der Waals surface area contributed by atoms with E-state index in [4.69, 9.17) is 4.74 Å². The van der Waals surface area contributed by atoms with E-state index in [1.807, 2.05) is 9.80 Å². The Kier molecular flexibility index (Phi) is 8.22. The van der Waals surface area contributed by atoms with E-state index < -0.39 is 0 Å². The van der Waals surface area contributed by atoms with Gasteiger partial charge in [0, 0.05) is 52.4 Å². The molecule has 0 saturated carbocycles. The summed E-state index contributed by atoms with van der Waals surface area (Å²) in [6.07, 6.45) is 2.92. The van der Waals surface area contributed by atoms with E-state index in [1.54, 1.807) is 19.2 Å². The van der Waals surface area contributed by atoms with Crippen molar-refractivity contribution in [1.82, 2.24) is 14.7 Å². The van der Waals surface area contributed by atoms with Crippen LogP contribution in [-0.4, -0.2) is 85.5 Å². The first-order chi connectivity index (χ1) is 14.5. The number of rotatable bonds is 7. The lowest BCUT2D eigenvalue weighted by Gasteiger charge is -2.43. The van der Waals surface area contributed by atoms with Gasteiger partial charge in [-0.25, -0.2) is 4.39 Å². The smallest absolute Gasteiger partial charge is 0.227 e. The minimum absolute atomic E-state index is 0.00919. The van der Waals surface area contributed by atoms with Crippen molar-refractivity contribution < 1.29 is 18.7 Å². The van der Waals surface area contributed by atoms with Crippen molar-refractivity contribution in [2.24, 2.45) is 5.92 Å². The number of benzene rings is 1. The summed E-state index contributed by atoms with van der Waals surface area (Å²) in [5.74, 6) is -0.240. The Balaban J connectivity index is 1.54. The molecule has 7 heteroatoms. The van der Waals surface area contributed by atoms with Crippen LogP contribution >= 0.6 is 0 Å². The van der Waals surface area contributed by atoms with E-state index >= 15 is 0 Å². The summed E-state index contributed by atoms with van der Waals surface area (Å²) in [5.41, 5.74) is 0.799. The minimum Gasteiger partial charge on any atom is -0.383 e. The van der Waals surface area contributed by atoms with Gasteiger partial charge in [0.15, 0.2) is 0 Å². The van der Waals surface area contributed by atoms with E-state index in [0.717, 1.165) is 51.0 Å². The fourth-order valence-corrected chi connectivity index (χ4v) is 4.54. The summed E-state index contributed by atoms with van der Waals surface area (Å²) in [6, 6.07) is 6.41. The first-order valence-electron chi connectivity index (χ1n) is 11.1. The molecule has 6 nitrogen and oxygen atoms in total. The van der Waals surface area contributed by atoms with Gasteiger partial charge in [0.1, 0.15) is 5.82 Å². The Morgan fingerprint density at radius 2 is 1.87 bits per heavy atom. The van der Waals surface area contributed by atoms with Gasteiger partial charge in [0.2, 0.25) is 11.8 Å². The standard InChI is InChI=1S/C23H34FN3O3/c1-3-21-17-27(12-11-25(21)13-14-30-2)23(29)19-5-4-10-26(16-19)22(28)15-18-6-8-20(24)9-7-18/h6-9,19,21H,3-5,10-17H2,1-2H3. The maximum absolute atomic E-state index is 13.2. The monoisotopic (exact) mass is 419 g/mol. The summed E-state index contributed by atoms with van der Waals surface area (Å²) < 4.78 is 18.3. The lowest BCUT2D eigenvalue weighted by Crippen LogP contribution is -2.57. The second kappa shape index (κ2) is 10.9. The van der Waals surface area contributed by atoms with Crippen molar-refractivity contribution in [2.75, 3.05) is 53.0 Å². The Hall–Kier alpha value is -1.99. The number of halogens is 1. The molecule has 0 aliphatic carbocycles. The van der Waals surface area contributed by atoms with Gasteiger partial charge in [-0.15, -0.1) is 0 Å². The highest BCUT2D eigenvalue weighted by Crippen LogP contribution is 2.22. The summed E-state index contributed by atoms with van der Waals surface area (Å²) in [4.78, 5) is 32.1. The molecule has 2 atom stereocenters. The zero-order valence-corrected chi connectivity index (χ0v) is 18.2. The number of carbonyl (C=O) groups excluding carboxylic acids is 2. The average molecular weight is 420 g/mol. The molecule has 2 unspecified atom stereocenters. The van der Waals surface area contributed by atoms with Gasteiger partial charge in [-0.1, -0.05) is 19.1 Å². The second-order valence-corrected chi connectivity index (χ2v) is 8.36. The third kappa shape index (κ3) is 5.79. The second-order valence-electron chi connectivity index (χ2n) is 8.36. The van der Waals surface area contributed by atoms with Crippen LogP contribution in [0.15, 0.2) is 24.3 Å². The number of nitrogens with zero attached hydrogens (tertiary/aromatic N) is 3. The van der Waals surface area contributed by atoms with Crippen LogP contribution < -0.4 is 0 Å². The summed E-state index contributed by atoms with van der Waals surface area (Å²) >= 11 is 0. The van der Waals surface area contributed by atoms with E-state index in [2.05, 4.69) is 11.8 Å². The lowest BCUT2D eigenvalue weighted by molar-refractivity contribution is -0.143. The van der Waals surface area contributed by atoms with Gasteiger partial charge in [-0.2, -0.15) is 0 Å². The molecule has 0 radical (unpaired) electrons. The number of methoxy groups -OCH3 is 1. The molecule has 0 N–H and O–H groups in total. The molecular weight excluding hydrogens is 385 g/mol. The lowest BCUT2D eigenvalue weighted by atomic mass is 9.95. The van der Waals surface area contributed by atoms with Crippen molar-refractivity contribution in [2.45, 2.75) is 38.6 Å². The number of likely N-dealkylation sites (tertiary alicyclic amines) is 1. The molecule has 2 fully saturated rings. The van der Waals surface area contributed by atoms with Gasteiger partial charge in [0.05, 0.1) is 18.9 Å². The van der Waals surface area contributed by atoms with Crippen molar-refractivity contribution in [3.05, 3.63) is 35.6 Å². The van der Waals surface area contributed by atoms with E-state index in [0.29, 0.717) is 25.7 Å². The molecule has 2 heterocycles. The fraction of sp³-hybridized carbons (Fsp3) is 0.652. The first-order valence-corrected chi connectivity index (χ1v) is 11.1. The van der Waals surface area contributed by atoms with E-state index in [9.17, 15) is 14.0 Å². The summed E-state index contributed by atoms with van der Waals surface area (Å²) in [6.45, 7) is 7.29. The van der Waals surface area contributed by atoms with Gasteiger partial charge in [-0.05, 0) is 37.0 Å². The van der Waals surface area contributed by atoms with Crippen LogP contribution in [-0.2, 0) is 20.7 Å². The SMILES string of the molecule is CCC1CN(C(=O)C2CCCN(C(=O)Cc3ccc(F)cc3)C2)CCN1CCOC. The van der Waals surface area contributed by atoms with Gasteiger partial charge in [0.25, 0.3) is 0 Å². The molecule has 0 aromatic heterocycles. The van der Waals surface area contributed by atoms with Crippen molar-refractivity contribution >= 4 is 11.8 Å². The molecule has 1 aromatic carbocycles. The Morgan fingerprint density at radius 1 is 1.10 bits per heavy atom. The summed E-state index contributed by atoms with van der Waals surface area (Å²) in [7, 11) is 1.72. The normalized spacial score (nSPS) is 22.9.